The second-order valence-corrected chi connectivity index (χ2v) is 9.03. The lowest BCUT2D eigenvalue weighted by atomic mass is 9.88. The number of nitrogens with zero attached hydrogens (tertiary/aromatic N) is 1. The van der Waals surface area contributed by atoms with E-state index in [1.54, 1.807) is 16.0 Å². The van der Waals surface area contributed by atoms with Gasteiger partial charge in [-0.25, -0.2) is 4.79 Å². The van der Waals surface area contributed by atoms with E-state index >= 15 is 0 Å². The summed E-state index contributed by atoms with van der Waals surface area (Å²) in [5.74, 6) is 0.462. The molecule has 2 amide bonds. The van der Waals surface area contributed by atoms with Crippen molar-refractivity contribution in [2.24, 2.45) is 5.92 Å². The summed E-state index contributed by atoms with van der Waals surface area (Å²) in [5.41, 5.74) is 4.39. The molecule has 1 aliphatic carbocycles. The number of hydrogen-bond acceptors (Lipinski definition) is 2. The molecule has 0 saturated carbocycles. The third kappa shape index (κ3) is 3.27. The summed E-state index contributed by atoms with van der Waals surface area (Å²) in [6.45, 7) is 5.80. The molecular weight excluding hydrogens is 340 g/mol. The number of thiophene rings is 1. The van der Waals surface area contributed by atoms with Crippen molar-refractivity contribution >= 4 is 17.4 Å². The molecule has 2 aliphatic rings. The average molecular weight is 369 g/mol. The van der Waals surface area contributed by atoms with Gasteiger partial charge in [-0.1, -0.05) is 44.2 Å². The summed E-state index contributed by atoms with van der Waals surface area (Å²) in [5, 5.41) is 3.14. The van der Waals surface area contributed by atoms with Crippen LogP contribution in [0.25, 0.3) is 0 Å². The smallest absolute Gasteiger partial charge is 0.318 e. The van der Waals surface area contributed by atoms with Gasteiger partial charge in [0.05, 0.1) is 6.04 Å². The fourth-order valence-electron chi connectivity index (χ4n) is 4.23. The molecule has 1 aliphatic heterocycles. The summed E-state index contributed by atoms with van der Waals surface area (Å²) in [6.07, 6.45) is 6.06. The Kier molecular flexibility index (Phi) is 5.03. The monoisotopic (exact) mass is 368 g/mol. The minimum Gasteiger partial charge on any atom is -0.338 e. The predicted molar refractivity (Wildman–Crippen MR) is 108 cm³/mol. The molecular formula is C22H28N2OS. The molecule has 0 unspecified atom stereocenters. The summed E-state index contributed by atoms with van der Waals surface area (Å²) in [7, 11) is 0. The molecule has 138 valence electrons. The summed E-state index contributed by atoms with van der Waals surface area (Å²) in [4.78, 5) is 18.0. The van der Waals surface area contributed by atoms with Crippen LogP contribution < -0.4 is 5.32 Å². The number of carbonyl (C=O) groups is 1. The minimum atomic E-state index is 0.0581. The quantitative estimate of drug-likeness (QED) is 0.818. The number of fused-ring (bicyclic) bond motifs is 3. The average Bonchev–Trinajstić information content (AvgIpc) is 3.04. The van der Waals surface area contributed by atoms with Crippen molar-refractivity contribution in [1.82, 2.24) is 10.2 Å². The van der Waals surface area contributed by atoms with Gasteiger partial charge in [0.25, 0.3) is 0 Å². The van der Waals surface area contributed by atoms with E-state index in [0.717, 1.165) is 19.5 Å². The van der Waals surface area contributed by atoms with Crippen LogP contribution in [0, 0.1) is 5.92 Å². The predicted octanol–water partition coefficient (Wildman–Crippen LogP) is 4.94. The van der Waals surface area contributed by atoms with Crippen molar-refractivity contribution in [2.75, 3.05) is 13.1 Å². The van der Waals surface area contributed by atoms with Crippen LogP contribution in [0.3, 0.4) is 0 Å². The Labute approximate surface area is 160 Å². The third-order valence-corrected chi connectivity index (χ3v) is 6.90. The van der Waals surface area contributed by atoms with E-state index in [1.165, 1.54) is 36.1 Å². The molecule has 1 atom stereocenters. The van der Waals surface area contributed by atoms with Crippen LogP contribution in [0.15, 0.2) is 30.3 Å². The topological polar surface area (TPSA) is 32.3 Å². The van der Waals surface area contributed by atoms with E-state index in [9.17, 15) is 4.79 Å². The fourth-order valence-corrected chi connectivity index (χ4v) is 5.81. The maximum Gasteiger partial charge on any atom is 0.318 e. The van der Waals surface area contributed by atoms with E-state index < -0.39 is 0 Å². The minimum absolute atomic E-state index is 0.0581. The Morgan fingerprint density at radius 3 is 2.69 bits per heavy atom. The molecule has 1 aromatic carbocycles. The van der Waals surface area contributed by atoms with Crippen LogP contribution in [-0.2, 0) is 19.3 Å². The molecule has 0 radical (unpaired) electrons. The number of benzene rings is 1. The molecule has 2 aromatic rings. The van der Waals surface area contributed by atoms with E-state index in [1.807, 2.05) is 11.3 Å². The van der Waals surface area contributed by atoms with Gasteiger partial charge in [0, 0.05) is 22.8 Å². The second-order valence-electron chi connectivity index (χ2n) is 7.89. The Morgan fingerprint density at radius 1 is 1.15 bits per heavy atom. The standard InChI is InChI=1S/C22H28N2OS/c1-15(2)14-23-22(25)24-13-12-18-17-10-6-7-11-19(17)26-21(18)20(24)16-8-4-3-5-9-16/h3-5,8-9,15,20H,6-7,10-14H2,1-2H3,(H,23,25)/t20-/m0/s1. The molecule has 4 rings (SSSR count). The molecule has 0 fully saturated rings. The fraction of sp³-hybridized carbons (Fsp3) is 0.500. The molecule has 0 bridgehead atoms. The lowest BCUT2D eigenvalue weighted by Crippen LogP contribution is -2.46. The van der Waals surface area contributed by atoms with Crippen molar-refractivity contribution in [2.45, 2.75) is 52.0 Å². The van der Waals surface area contributed by atoms with E-state index in [-0.39, 0.29) is 12.1 Å². The first-order valence-corrected chi connectivity index (χ1v) is 10.7. The first-order chi connectivity index (χ1) is 12.6. The van der Waals surface area contributed by atoms with E-state index in [0.29, 0.717) is 5.92 Å². The molecule has 2 heterocycles. The van der Waals surface area contributed by atoms with E-state index in [4.69, 9.17) is 0 Å². The maximum atomic E-state index is 13.0. The number of nitrogens with one attached hydrogen (secondary N) is 1. The SMILES string of the molecule is CC(C)CNC(=O)N1CCc2c(sc3c2CCCC3)[C@@H]1c1ccccc1. The molecule has 3 nitrogen and oxygen atoms in total. The first kappa shape index (κ1) is 17.6. The highest BCUT2D eigenvalue weighted by Gasteiger charge is 2.36. The van der Waals surface area contributed by atoms with Gasteiger partial charge in [-0.15, -0.1) is 11.3 Å². The highest BCUT2D eigenvalue weighted by atomic mass is 32.1. The Bertz CT molecular complexity index is 781. The van der Waals surface area contributed by atoms with Gasteiger partial charge in [-0.2, -0.15) is 0 Å². The Morgan fingerprint density at radius 2 is 1.92 bits per heavy atom. The number of amides is 2. The molecule has 1 N–H and O–H groups in total. The molecule has 4 heteroatoms. The number of carbonyl (C=O) groups excluding carboxylic acids is 1. The zero-order chi connectivity index (χ0) is 18.1. The second kappa shape index (κ2) is 7.43. The number of urea groups is 1. The number of aryl methyl sites for hydroxylation is 1. The molecule has 26 heavy (non-hydrogen) atoms. The van der Waals surface area contributed by atoms with Crippen molar-refractivity contribution in [1.29, 1.82) is 0 Å². The molecule has 0 saturated heterocycles. The van der Waals surface area contributed by atoms with Gasteiger partial charge in [-0.3, -0.25) is 0 Å². The van der Waals surface area contributed by atoms with Gasteiger partial charge in [0.1, 0.15) is 0 Å². The lowest BCUT2D eigenvalue weighted by Gasteiger charge is -2.36. The van der Waals surface area contributed by atoms with Crippen LogP contribution in [0.1, 0.15) is 59.2 Å². The maximum absolute atomic E-state index is 13.0. The van der Waals surface area contributed by atoms with Crippen molar-refractivity contribution < 1.29 is 4.79 Å². The van der Waals surface area contributed by atoms with Crippen LogP contribution in [0.4, 0.5) is 4.79 Å². The van der Waals surface area contributed by atoms with Gasteiger partial charge >= 0.3 is 6.03 Å². The highest BCUT2D eigenvalue weighted by molar-refractivity contribution is 7.12. The third-order valence-electron chi connectivity index (χ3n) is 5.51. The molecule has 0 spiro atoms. The van der Waals surface area contributed by atoms with Crippen molar-refractivity contribution in [3.8, 4) is 0 Å². The molecule has 1 aromatic heterocycles. The summed E-state index contributed by atoms with van der Waals surface area (Å²) < 4.78 is 0. The van der Waals surface area contributed by atoms with Crippen molar-refractivity contribution in [3.63, 3.8) is 0 Å². The zero-order valence-corrected chi connectivity index (χ0v) is 16.6. The van der Waals surface area contributed by atoms with Crippen LogP contribution in [0.5, 0.6) is 0 Å². The van der Waals surface area contributed by atoms with Gasteiger partial charge in [-0.05, 0) is 54.7 Å². The Balaban J connectivity index is 1.72. The lowest BCUT2D eigenvalue weighted by molar-refractivity contribution is 0.180. The van der Waals surface area contributed by atoms with Gasteiger partial charge in [0.15, 0.2) is 0 Å². The van der Waals surface area contributed by atoms with E-state index in [2.05, 4.69) is 54.4 Å². The van der Waals surface area contributed by atoms with Gasteiger partial charge < -0.3 is 10.2 Å². The number of rotatable bonds is 3. The first-order valence-electron chi connectivity index (χ1n) is 9.88. The van der Waals surface area contributed by atoms with Crippen molar-refractivity contribution in [3.05, 3.63) is 56.8 Å². The largest absolute Gasteiger partial charge is 0.338 e. The van der Waals surface area contributed by atoms with Crippen LogP contribution in [0.2, 0.25) is 0 Å². The normalized spacial score (nSPS) is 19.2. The summed E-state index contributed by atoms with van der Waals surface area (Å²) >= 11 is 1.96. The van der Waals surface area contributed by atoms with Crippen LogP contribution >= 0.6 is 11.3 Å². The van der Waals surface area contributed by atoms with Gasteiger partial charge in [0.2, 0.25) is 0 Å². The highest BCUT2D eigenvalue weighted by Crippen LogP contribution is 2.44. The zero-order valence-electron chi connectivity index (χ0n) is 15.8. The number of hydrogen-bond donors (Lipinski definition) is 1. The van der Waals surface area contributed by atoms with Crippen LogP contribution in [-0.4, -0.2) is 24.0 Å². The summed E-state index contributed by atoms with van der Waals surface area (Å²) in [6, 6.07) is 10.7. The Hall–Kier alpha value is -1.81.